The lowest BCUT2D eigenvalue weighted by Crippen LogP contribution is -2.52. The third-order valence-corrected chi connectivity index (χ3v) is 7.09. The van der Waals surface area contributed by atoms with Gasteiger partial charge in [0.1, 0.15) is 18.7 Å². The smallest absolute Gasteiger partial charge is 0.238 e. The molecule has 1 aromatic carbocycles. The molecule has 152 valence electrons. The number of carbonyl (C=O) groups excluding carboxylic acids is 1. The van der Waals surface area contributed by atoms with Gasteiger partial charge >= 0.3 is 0 Å². The first-order valence-corrected chi connectivity index (χ1v) is 11.3. The van der Waals surface area contributed by atoms with Crippen LogP contribution in [0.3, 0.4) is 0 Å². The van der Waals surface area contributed by atoms with Crippen LogP contribution in [-0.4, -0.2) is 51.7 Å². The van der Waals surface area contributed by atoms with Gasteiger partial charge in [0.25, 0.3) is 0 Å². The lowest BCUT2D eigenvalue weighted by Gasteiger charge is -2.34. The number of nitrogens with one attached hydrogen (secondary N) is 1. The Morgan fingerprint density at radius 2 is 2.04 bits per heavy atom. The molecule has 28 heavy (non-hydrogen) atoms. The standard InChI is InChI=1S/C19H27N5O3S/c1-3-12-28(26,27)24-11-5-4-6-18(24)19(25)22-15(2)16-7-9-17(10-8-16)23-14-20-13-21-23/h7-10,13-15,18H,3-6,11-12H2,1-2H3,(H,22,25). The second kappa shape index (κ2) is 8.83. The number of hydrogen-bond donors (Lipinski definition) is 1. The van der Waals surface area contributed by atoms with Crippen LogP contribution in [0.2, 0.25) is 0 Å². The van der Waals surface area contributed by atoms with E-state index in [9.17, 15) is 13.2 Å². The third kappa shape index (κ3) is 4.59. The minimum absolute atomic E-state index is 0.0794. The highest BCUT2D eigenvalue weighted by Gasteiger charge is 2.36. The van der Waals surface area contributed by atoms with E-state index in [-0.39, 0.29) is 17.7 Å². The molecule has 2 aromatic rings. The molecule has 0 saturated carbocycles. The lowest BCUT2D eigenvalue weighted by molar-refractivity contribution is -0.126. The summed E-state index contributed by atoms with van der Waals surface area (Å²) in [5.74, 6) is -0.150. The highest BCUT2D eigenvalue weighted by atomic mass is 32.2. The zero-order chi connectivity index (χ0) is 20.1. The van der Waals surface area contributed by atoms with Crippen molar-refractivity contribution in [2.75, 3.05) is 12.3 Å². The van der Waals surface area contributed by atoms with E-state index in [2.05, 4.69) is 15.4 Å². The molecule has 1 aromatic heterocycles. The van der Waals surface area contributed by atoms with E-state index in [1.807, 2.05) is 38.1 Å². The Bertz CT molecular complexity index is 881. The van der Waals surface area contributed by atoms with Gasteiger partial charge in [0.15, 0.2) is 0 Å². The fraction of sp³-hybridized carbons (Fsp3) is 0.526. The maximum atomic E-state index is 12.9. The Labute approximate surface area is 166 Å². The van der Waals surface area contributed by atoms with Crippen molar-refractivity contribution >= 4 is 15.9 Å². The van der Waals surface area contributed by atoms with E-state index in [1.54, 1.807) is 11.0 Å². The predicted molar refractivity (Wildman–Crippen MR) is 106 cm³/mol. The van der Waals surface area contributed by atoms with Gasteiger partial charge in [-0.2, -0.15) is 9.40 Å². The van der Waals surface area contributed by atoms with Gasteiger partial charge < -0.3 is 5.32 Å². The normalized spacial score (nSPS) is 19.3. The number of rotatable bonds is 7. The van der Waals surface area contributed by atoms with E-state index >= 15 is 0 Å². The summed E-state index contributed by atoms with van der Waals surface area (Å²) < 4.78 is 28.1. The number of amides is 1. The monoisotopic (exact) mass is 405 g/mol. The number of piperidine rings is 1. The summed E-state index contributed by atoms with van der Waals surface area (Å²) in [6, 6.07) is 6.82. The molecule has 2 heterocycles. The summed E-state index contributed by atoms with van der Waals surface area (Å²) in [5.41, 5.74) is 1.82. The van der Waals surface area contributed by atoms with Crippen LogP contribution >= 0.6 is 0 Å². The van der Waals surface area contributed by atoms with Gasteiger partial charge in [0.2, 0.25) is 15.9 Å². The second-order valence-electron chi connectivity index (χ2n) is 7.10. The Morgan fingerprint density at radius 3 is 2.68 bits per heavy atom. The molecular formula is C19H27N5O3S. The molecule has 0 radical (unpaired) electrons. The van der Waals surface area contributed by atoms with E-state index in [0.717, 1.165) is 24.1 Å². The molecule has 1 aliphatic heterocycles. The number of hydrogen-bond acceptors (Lipinski definition) is 5. The maximum Gasteiger partial charge on any atom is 0.238 e. The highest BCUT2D eigenvalue weighted by Crippen LogP contribution is 2.23. The Balaban J connectivity index is 1.68. The van der Waals surface area contributed by atoms with Crippen LogP contribution in [0.4, 0.5) is 0 Å². The summed E-state index contributed by atoms with van der Waals surface area (Å²) in [6.07, 6.45) is 5.85. The number of sulfonamides is 1. The number of carbonyl (C=O) groups is 1. The van der Waals surface area contributed by atoms with Crippen LogP contribution in [0.25, 0.3) is 5.69 Å². The SMILES string of the molecule is CCCS(=O)(=O)N1CCCCC1C(=O)NC(C)c1ccc(-n2cncn2)cc1. The van der Waals surface area contributed by atoms with Gasteiger partial charge in [0.05, 0.1) is 17.5 Å². The molecule has 2 unspecified atom stereocenters. The van der Waals surface area contributed by atoms with Gasteiger partial charge in [-0.25, -0.2) is 18.1 Å². The molecule has 9 heteroatoms. The van der Waals surface area contributed by atoms with Crippen LogP contribution in [0.15, 0.2) is 36.9 Å². The Morgan fingerprint density at radius 1 is 1.29 bits per heavy atom. The molecule has 2 atom stereocenters. The van der Waals surface area contributed by atoms with Crippen molar-refractivity contribution in [2.24, 2.45) is 0 Å². The van der Waals surface area contributed by atoms with Crippen molar-refractivity contribution in [3.63, 3.8) is 0 Å². The highest BCUT2D eigenvalue weighted by molar-refractivity contribution is 7.89. The molecule has 0 aliphatic carbocycles. The van der Waals surface area contributed by atoms with Crippen LogP contribution in [-0.2, 0) is 14.8 Å². The molecule has 1 N–H and O–H groups in total. The van der Waals surface area contributed by atoms with E-state index in [1.165, 1.54) is 10.6 Å². The first kappa shape index (κ1) is 20.5. The minimum Gasteiger partial charge on any atom is -0.348 e. The summed E-state index contributed by atoms with van der Waals surface area (Å²) in [5, 5.41) is 7.07. The molecule has 1 aliphatic rings. The quantitative estimate of drug-likeness (QED) is 0.760. The van der Waals surface area contributed by atoms with E-state index in [0.29, 0.717) is 19.4 Å². The fourth-order valence-corrected chi connectivity index (χ4v) is 5.27. The van der Waals surface area contributed by atoms with Gasteiger partial charge in [-0.1, -0.05) is 25.5 Å². The maximum absolute atomic E-state index is 12.9. The van der Waals surface area contributed by atoms with Crippen molar-refractivity contribution in [2.45, 2.75) is 51.6 Å². The minimum atomic E-state index is -3.40. The van der Waals surface area contributed by atoms with Crippen molar-refractivity contribution < 1.29 is 13.2 Å². The molecule has 1 amide bonds. The van der Waals surface area contributed by atoms with Gasteiger partial charge in [-0.3, -0.25) is 4.79 Å². The second-order valence-corrected chi connectivity index (χ2v) is 9.14. The van der Waals surface area contributed by atoms with Gasteiger partial charge in [0, 0.05) is 6.54 Å². The van der Waals surface area contributed by atoms with Crippen molar-refractivity contribution in [1.29, 1.82) is 0 Å². The molecule has 3 rings (SSSR count). The molecule has 0 bridgehead atoms. The summed E-state index contributed by atoms with van der Waals surface area (Å²) in [6.45, 7) is 4.15. The zero-order valence-electron chi connectivity index (χ0n) is 16.3. The van der Waals surface area contributed by atoms with Gasteiger partial charge in [-0.15, -0.1) is 0 Å². The van der Waals surface area contributed by atoms with E-state index in [4.69, 9.17) is 0 Å². The molecule has 8 nitrogen and oxygen atoms in total. The molecular weight excluding hydrogens is 378 g/mol. The Hall–Kier alpha value is -2.26. The van der Waals surface area contributed by atoms with Crippen LogP contribution in [0.1, 0.15) is 51.1 Å². The summed E-state index contributed by atoms with van der Waals surface area (Å²) in [7, 11) is -3.40. The topological polar surface area (TPSA) is 97.2 Å². The van der Waals surface area contributed by atoms with Gasteiger partial charge in [-0.05, 0) is 43.9 Å². The predicted octanol–water partition coefficient (Wildman–Crippen LogP) is 2.04. The number of nitrogens with zero attached hydrogens (tertiary/aromatic N) is 4. The molecule has 1 fully saturated rings. The average molecular weight is 406 g/mol. The molecule has 0 spiro atoms. The van der Waals surface area contributed by atoms with Crippen LogP contribution in [0, 0.1) is 0 Å². The van der Waals surface area contributed by atoms with Crippen LogP contribution < -0.4 is 5.32 Å². The summed E-state index contributed by atoms with van der Waals surface area (Å²) in [4.78, 5) is 16.8. The lowest BCUT2D eigenvalue weighted by atomic mass is 10.0. The number of benzene rings is 1. The average Bonchev–Trinajstić information content (AvgIpc) is 3.23. The van der Waals surface area contributed by atoms with Crippen molar-refractivity contribution in [3.05, 3.63) is 42.5 Å². The molecule has 1 saturated heterocycles. The summed E-state index contributed by atoms with van der Waals surface area (Å²) >= 11 is 0. The first-order valence-electron chi connectivity index (χ1n) is 9.67. The van der Waals surface area contributed by atoms with Crippen molar-refractivity contribution in [3.8, 4) is 5.69 Å². The van der Waals surface area contributed by atoms with E-state index < -0.39 is 16.1 Å². The van der Waals surface area contributed by atoms with Crippen LogP contribution in [0.5, 0.6) is 0 Å². The Kier molecular flexibility index (Phi) is 6.46. The van der Waals surface area contributed by atoms with Crippen molar-refractivity contribution in [1.82, 2.24) is 24.4 Å². The largest absolute Gasteiger partial charge is 0.348 e. The fourth-order valence-electron chi connectivity index (χ4n) is 3.53. The third-order valence-electron chi connectivity index (χ3n) is 5.01. The number of aromatic nitrogens is 3. The first-order chi connectivity index (χ1) is 13.4. The zero-order valence-corrected chi connectivity index (χ0v) is 17.1.